The molecule has 1 aliphatic carbocycles. The first kappa shape index (κ1) is 14.7. The summed E-state index contributed by atoms with van der Waals surface area (Å²) in [6.45, 7) is 4.14. The Morgan fingerprint density at radius 2 is 1.81 bits per heavy atom. The fourth-order valence-electron chi connectivity index (χ4n) is 3.49. The molecule has 1 aromatic carbocycles. The van der Waals surface area contributed by atoms with Crippen LogP contribution in [-0.4, -0.2) is 48.2 Å². The van der Waals surface area contributed by atoms with Gasteiger partial charge in [0.15, 0.2) is 0 Å². The summed E-state index contributed by atoms with van der Waals surface area (Å²) in [6.07, 6.45) is 5.44. The van der Waals surface area contributed by atoms with E-state index in [0.717, 1.165) is 37.9 Å². The summed E-state index contributed by atoms with van der Waals surface area (Å²) in [6, 6.07) is 6.02. The Morgan fingerprint density at radius 1 is 1.14 bits per heavy atom. The number of hydrogen-bond acceptors (Lipinski definition) is 3. The number of hydrogen-bond donors (Lipinski definition) is 1. The second-order valence-corrected chi connectivity index (χ2v) is 6.34. The van der Waals surface area contributed by atoms with Crippen LogP contribution < -0.4 is 4.90 Å². The quantitative estimate of drug-likeness (QED) is 0.932. The van der Waals surface area contributed by atoms with Gasteiger partial charge in [-0.1, -0.05) is 24.4 Å². The van der Waals surface area contributed by atoms with Crippen LogP contribution >= 0.6 is 11.6 Å². The average molecular weight is 309 g/mol. The molecule has 2 aliphatic rings. The summed E-state index contributed by atoms with van der Waals surface area (Å²) < 4.78 is 0. The number of carboxylic acids is 1. The molecule has 3 rings (SSSR count). The van der Waals surface area contributed by atoms with Crippen molar-refractivity contribution in [3.8, 4) is 0 Å². The molecule has 0 unspecified atom stereocenters. The van der Waals surface area contributed by atoms with Gasteiger partial charge in [0.1, 0.15) is 0 Å². The number of anilines is 1. The lowest BCUT2D eigenvalue weighted by Gasteiger charge is -2.39. The molecule has 0 bridgehead atoms. The second-order valence-electron chi connectivity index (χ2n) is 5.93. The lowest BCUT2D eigenvalue weighted by molar-refractivity contribution is 0.0697. The minimum absolute atomic E-state index is 0.171. The Morgan fingerprint density at radius 3 is 2.38 bits per heavy atom. The van der Waals surface area contributed by atoms with Crippen molar-refractivity contribution in [1.29, 1.82) is 0 Å². The van der Waals surface area contributed by atoms with Crippen molar-refractivity contribution >= 4 is 23.3 Å². The Bertz CT molecular complexity index is 521. The molecule has 1 saturated carbocycles. The molecular weight excluding hydrogens is 288 g/mol. The van der Waals surface area contributed by atoms with Crippen molar-refractivity contribution in [2.75, 3.05) is 31.1 Å². The Balaban J connectivity index is 1.64. The third-order valence-corrected chi connectivity index (χ3v) is 5.02. The van der Waals surface area contributed by atoms with Gasteiger partial charge in [-0.15, -0.1) is 0 Å². The van der Waals surface area contributed by atoms with E-state index in [1.807, 2.05) is 6.07 Å². The maximum absolute atomic E-state index is 11.0. The summed E-state index contributed by atoms with van der Waals surface area (Å²) in [5.41, 5.74) is 1.20. The van der Waals surface area contributed by atoms with Gasteiger partial charge in [-0.25, -0.2) is 4.79 Å². The highest BCUT2D eigenvalue weighted by Crippen LogP contribution is 2.27. The highest BCUT2D eigenvalue weighted by Gasteiger charge is 2.26. The van der Waals surface area contributed by atoms with E-state index in [1.165, 1.54) is 25.7 Å². The molecule has 1 N–H and O–H groups in total. The maximum atomic E-state index is 11.0. The van der Waals surface area contributed by atoms with Gasteiger partial charge < -0.3 is 10.0 Å². The molecule has 1 heterocycles. The SMILES string of the molecule is O=C(O)c1ccc(N2CCN(C3CCCC3)CC2)cc1Cl. The third-order valence-electron chi connectivity index (χ3n) is 4.70. The minimum atomic E-state index is -0.974. The van der Waals surface area contributed by atoms with Gasteiger partial charge in [0.2, 0.25) is 0 Å². The van der Waals surface area contributed by atoms with E-state index >= 15 is 0 Å². The average Bonchev–Trinajstić information content (AvgIpc) is 3.01. The summed E-state index contributed by atoms with van der Waals surface area (Å²) >= 11 is 6.06. The lowest BCUT2D eigenvalue weighted by Crippen LogP contribution is -2.49. The van der Waals surface area contributed by atoms with Crippen molar-refractivity contribution in [3.63, 3.8) is 0 Å². The molecule has 1 aromatic rings. The van der Waals surface area contributed by atoms with Gasteiger partial charge in [0.05, 0.1) is 10.6 Å². The van der Waals surface area contributed by atoms with Gasteiger partial charge >= 0.3 is 5.97 Å². The molecule has 0 radical (unpaired) electrons. The van der Waals surface area contributed by atoms with Crippen LogP contribution in [0.4, 0.5) is 5.69 Å². The molecular formula is C16H21ClN2O2. The van der Waals surface area contributed by atoms with E-state index in [9.17, 15) is 4.79 Å². The molecule has 0 spiro atoms. The smallest absolute Gasteiger partial charge is 0.337 e. The van der Waals surface area contributed by atoms with Crippen LogP contribution in [0.25, 0.3) is 0 Å². The van der Waals surface area contributed by atoms with E-state index < -0.39 is 5.97 Å². The summed E-state index contributed by atoms with van der Waals surface area (Å²) in [5, 5.41) is 9.34. The largest absolute Gasteiger partial charge is 0.478 e. The normalized spacial score (nSPS) is 20.9. The van der Waals surface area contributed by atoms with Gasteiger partial charge in [-0.2, -0.15) is 0 Å². The molecule has 114 valence electrons. The fourth-order valence-corrected chi connectivity index (χ4v) is 3.74. The number of benzene rings is 1. The molecule has 21 heavy (non-hydrogen) atoms. The van der Waals surface area contributed by atoms with Crippen LogP contribution in [0.3, 0.4) is 0 Å². The first-order valence-corrected chi connectivity index (χ1v) is 8.05. The molecule has 1 aliphatic heterocycles. The van der Waals surface area contributed by atoms with Gasteiger partial charge in [0, 0.05) is 37.9 Å². The van der Waals surface area contributed by atoms with Crippen LogP contribution in [0.1, 0.15) is 36.0 Å². The highest BCUT2D eigenvalue weighted by atomic mass is 35.5. The lowest BCUT2D eigenvalue weighted by atomic mass is 10.1. The Hall–Kier alpha value is -1.26. The molecule has 5 heteroatoms. The van der Waals surface area contributed by atoms with Crippen LogP contribution in [0, 0.1) is 0 Å². The van der Waals surface area contributed by atoms with E-state index in [1.54, 1.807) is 12.1 Å². The molecule has 4 nitrogen and oxygen atoms in total. The second kappa shape index (κ2) is 6.24. The zero-order valence-corrected chi connectivity index (χ0v) is 12.9. The van der Waals surface area contributed by atoms with E-state index in [-0.39, 0.29) is 5.56 Å². The number of nitrogens with zero attached hydrogens (tertiary/aromatic N) is 2. The van der Waals surface area contributed by atoms with Crippen molar-refractivity contribution in [2.24, 2.45) is 0 Å². The number of halogens is 1. The highest BCUT2D eigenvalue weighted by molar-refractivity contribution is 6.33. The molecule has 0 amide bonds. The number of carbonyl (C=O) groups is 1. The topological polar surface area (TPSA) is 43.8 Å². The predicted molar refractivity (Wildman–Crippen MR) is 84.5 cm³/mol. The monoisotopic (exact) mass is 308 g/mol. The number of piperazine rings is 1. The zero-order valence-electron chi connectivity index (χ0n) is 12.1. The van der Waals surface area contributed by atoms with Crippen molar-refractivity contribution in [2.45, 2.75) is 31.7 Å². The van der Waals surface area contributed by atoms with Crippen molar-refractivity contribution in [1.82, 2.24) is 4.90 Å². The maximum Gasteiger partial charge on any atom is 0.337 e. The third kappa shape index (κ3) is 3.16. The summed E-state index contributed by atoms with van der Waals surface area (Å²) in [7, 11) is 0. The molecule has 2 fully saturated rings. The number of rotatable bonds is 3. The van der Waals surface area contributed by atoms with E-state index in [0.29, 0.717) is 5.02 Å². The molecule has 0 aromatic heterocycles. The summed E-state index contributed by atoms with van der Waals surface area (Å²) in [4.78, 5) is 15.9. The fraction of sp³-hybridized carbons (Fsp3) is 0.562. The van der Waals surface area contributed by atoms with Crippen LogP contribution in [-0.2, 0) is 0 Å². The molecule has 0 atom stereocenters. The zero-order chi connectivity index (χ0) is 14.8. The number of aromatic carboxylic acids is 1. The van der Waals surface area contributed by atoms with Crippen molar-refractivity contribution in [3.05, 3.63) is 28.8 Å². The van der Waals surface area contributed by atoms with Gasteiger partial charge in [-0.3, -0.25) is 4.90 Å². The Labute approximate surface area is 130 Å². The van der Waals surface area contributed by atoms with Crippen molar-refractivity contribution < 1.29 is 9.90 Å². The minimum Gasteiger partial charge on any atom is -0.478 e. The number of carboxylic acid groups (broad SMARTS) is 1. The van der Waals surface area contributed by atoms with E-state index in [4.69, 9.17) is 16.7 Å². The Kier molecular flexibility index (Phi) is 4.36. The molecule has 1 saturated heterocycles. The first-order valence-electron chi connectivity index (χ1n) is 7.67. The summed E-state index contributed by atoms with van der Waals surface area (Å²) in [5.74, 6) is -0.974. The van der Waals surface area contributed by atoms with Crippen LogP contribution in [0.5, 0.6) is 0 Å². The standard InChI is InChI=1S/C16H21ClN2O2/c17-15-11-13(5-6-14(15)16(20)21)19-9-7-18(8-10-19)12-3-1-2-4-12/h5-6,11-12H,1-4,7-10H2,(H,20,21). The van der Waals surface area contributed by atoms with Crippen LogP contribution in [0.2, 0.25) is 5.02 Å². The van der Waals surface area contributed by atoms with Crippen LogP contribution in [0.15, 0.2) is 18.2 Å². The predicted octanol–water partition coefficient (Wildman–Crippen LogP) is 3.10. The van der Waals surface area contributed by atoms with Gasteiger partial charge in [-0.05, 0) is 31.0 Å². The first-order chi connectivity index (χ1) is 10.1. The van der Waals surface area contributed by atoms with E-state index in [2.05, 4.69) is 9.80 Å². The van der Waals surface area contributed by atoms with Gasteiger partial charge in [0.25, 0.3) is 0 Å².